The van der Waals surface area contributed by atoms with Crippen LogP contribution in [0.5, 0.6) is 0 Å². The number of benzene rings is 2. The molecule has 0 spiro atoms. The monoisotopic (exact) mass is 384 g/mol. The lowest BCUT2D eigenvalue weighted by molar-refractivity contribution is -0.384. The zero-order valence-electron chi connectivity index (χ0n) is 14.7. The smallest absolute Gasteiger partial charge is 0.277 e. The van der Waals surface area contributed by atoms with Crippen molar-refractivity contribution < 1.29 is 14.1 Å². The molecule has 0 aliphatic rings. The average molecular weight is 384 g/mol. The number of aromatic nitrogens is 2. The van der Waals surface area contributed by atoms with Crippen molar-refractivity contribution in [2.45, 2.75) is 12.1 Å². The van der Waals surface area contributed by atoms with Crippen molar-refractivity contribution in [1.82, 2.24) is 10.2 Å². The number of thioether (sulfide) groups is 1. The van der Waals surface area contributed by atoms with Gasteiger partial charge in [0.2, 0.25) is 11.8 Å². The third-order valence-electron chi connectivity index (χ3n) is 3.85. The molecule has 27 heavy (non-hydrogen) atoms. The highest BCUT2D eigenvalue weighted by Gasteiger charge is 2.16. The molecule has 138 valence electrons. The first kappa shape index (κ1) is 18.6. The summed E-state index contributed by atoms with van der Waals surface area (Å²) < 4.78 is 5.58. The van der Waals surface area contributed by atoms with Crippen molar-refractivity contribution >= 4 is 29.0 Å². The van der Waals surface area contributed by atoms with Crippen LogP contribution in [0.1, 0.15) is 5.56 Å². The summed E-state index contributed by atoms with van der Waals surface area (Å²) in [5.74, 6) is 0.306. The summed E-state index contributed by atoms with van der Waals surface area (Å²) in [5, 5.41) is 18.9. The standard InChI is InChI=1S/C18H16N4O4S/c1-12-3-5-13(6-4-12)17-19-20-18(26-17)27-11-16(23)21(2)14-7-9-15(10-8-14)22(24)25/h3-10H,11H2,1-2H3. The fourth-order valence-electron chi connectivity index (χ4n) is 2.24. The maximum atomic E-state index is 12.3. The van der Waals surface area contributed by atoms with Gasteiger partial charge in [0.05, 0.1) is 10.7 Å². The topological polar surface area (TPSA) is 102 Å². The Balaban J connectivity index is 1.60. The summed E-state index contributed by atoms with van der Waals surface area (Å²) >= 11 is 1.14. The third-order valence-corrected chi connectivity index (χ3v) is 4.65. The Morgan fingerprint density at radius 3 is 2.44 bits per heavy atom. The molecule has 9 heteroatoms. The molecule has 1 amide bonds. The Morgan fingerprint density at radius 2 is 1.81 bits per heavy atom. The van der Waals surface area contributed by atoms with Gasteiger partial charge in [-0.05, 0) is 31.2 Å². The molecule has 0 bridgehead atoms. The van der Waals surface area contributed by atoms with E-state index in [2.05, 4.69) is 10.2 Å². The molecule has 0 unspecified atom stereocenters. The van der Waals surface area contributed by atoms with Gasteiger partial charge >= 0.3 is 0 Å². The Kier molecular flexibility index (Phi) is 5.51. The number of hydrogen-bond donors (Lipinski definition) is 0. The molecule has 0 radical (unpaired) electrons. The van der Waals surface area contributed by atoms with E-state index in [0.29, 0.717) is 16.8 Å². The molecule has 0 N–H and O–H groups in total. The van der Waals surface area contributed by atoms with Gasteiger partial charge in [-0.2, -0.15) is 0 Å². The predicted octanol–water partition coefficient (Wildman–Crippen LogP) is 3.71. The van der Waals surface area contributed by atoms with Gasteiger partial charge in [0.15, 0.2) is 0 Å². The minimum atomic E-state index is -0.483. The largest absolute Gasteiger partial charge is 0.411 e. The summed E-state index contributed by atoms with van der Waals surface area (Å²) in [7, 11) is 1.61. The number of non-ortho nitro benzene ring substituents is 1. The Bertz CT molecular complexity index is 954. The second-order valence-corrected chi connectivity index (χ2v) is 6.68. The van der Waals surface area contributed by atoms with E-state index in [1.807, 2.05) is 31.2 Å². The number of carbonyl (C=O) groups excluding carboxylic acids is 1. The quantitative estimate of drug-likeness (QED) is 0.362. The predicted molar refractivity (Wildman–Crippen MR) is 102 cm³/mol. The summed E-state index contributed by atoms with van der Waals surface area (Å²) in [6, 6.07) is 13.5. The van der Waals surface area contributed by atoms with Crippen molar-refractivity contribution in [2.75, 3.05) is 17.7 Å². The number of nitrogens with zero attached hydrogens (tertiary/aromatic N) is 4. The van der Waals surface area contributed by atoms with Crippen LogP contribution in [0.2, 0.25) is 0 Å². The molecule has 3 aromatic rings. The molecule has 0 aliphatic heterocycles. The zero-order chi connectivity index (χ0) is 19.4. The highest BCUT2D eigenvalue weighted by Crippen LogP contribution is 2.24. The second-order valence-electron chi connectivity index (χ2n) is 5.75. The molecule has 2 aromatic carbocycles. The number of anilines is 1. The van der Waals surface area contributed by atoms with E-state index in [9.17, 15) is 14.9 Å². The maximum absolute atomic E-state index is 12.3. The number of rotatable bonds is 6. The molecule has 0 fully saturated rings. The highest BCUT2D eigenvalue weighted by atomic mass is 32.2. The zero-order valence-corrected chi connectivity index (χ0v) is 15.5. The van der Waals surface area contributed by atoms with Crippen LogP contribution in [0.3, 0.4) is 0 Å². The summed E-state index contributed by atoms with van der Waals surface area (Å²) in [6.07, 6.45) is 0. The lowest BCUT2D eigenvalue weighted by Crippen LogP contribution is -2.27. The summed E-state index contributed by atoms with van der Waals surface area (Å²) in [4.78, 5) is 24.0. The van der Waals surface area contributed by atoms with Gasteiger partial charge in [-0.15, -0.1) is 10.2 Å². The van der Waals surface area contributed by atoms with Crippen LogP contribution in [0.4, 0.5) is 11.4 Å². The van der Waals surface area contributed by atoms with E-state index in [4.69, 9.17) is 4.42 Å². The average Bonchev–Trinajstić information content (AvgIpc) is 3.15. The molecule has 0 saturated carbocycles. The summed E-state index contributed by atoms with van der Waals surface area (Å²) in [6.45, 7) is 1.99. The number of nitro groups is 1. The lowest BCUT2D eigenvalue weighted by Gasteiger charge is -2.16. The van der Waals surface area contributed by atoms with E-state index in [1.165, 1.54) is 29.2 Å². The van der Waals surface area contributed by atoms with Gasteiger partial charge < -0.3 is 9.32 Å². The second kappa shape index (κ2) is 8.00. The van der Waals surface area contributed by atoms with Crippen LogP contribution < -0.4 is 4.90 Å². The van der Waals surface area contributed by atoms with Crippen molar-refractivity contribution in [2.24, 2.45) is 0 Å². The van der Waals surface area contributed by atoms with Crippen LogP contribution in [-0.4, -0.2) is 33.8 Å². The number of aryl methyl sites for hydroxylation is 1. The maximum Gasteiger partial charge on any atom is 0.277 e. The van der Waals surface area contributed by atoms with Gasteiger partial charge in [0.1, 0.15) is 0 Å². The minimum absolute atomic E-state index is 0.0246. The van der Waals surface area contributed by atoms with Gasteiger partial charge in [-0.25, -0.2) is 0 Å². The van der Waals surface area contributed by atoms with Crippen molar-refractivity contribution in [1.29, 1.82) is 0 Å². The van der Waals surface area contributed by atoms with E-state index >= 15 is 0 Å². The van der Waals surface area contributed by atoms with E-state index in [0.717, 1.165) is 22.9 Å². The molecule has 1 heterocycles. The van der Waals surface area contributed by atoms with Crippen LogP contribution in [0, 0.1) is 17.0 Å². The first-order valence-electron chi connectivity index (χ1n) is 7.98. The first-order valence-corrected chi connectivity index (χ1v) is 8.97. The molecule has 0 saturated heterocycles. The van der Waals surface area contributed by atoms with Crippen molar-refractivity contribution in [3.8, 4) is 11.5 Å². The molecule has 0 aliphatic carbocycles. The fourth-order valence-corrected chi connectivity index (χ4v) is 2.92. The van der Waals surface area contributed by atoms with Gasteiger partial charge in [-0.1, -0.05) is 29.5 Å². The van der Waals surface area contributed by atoms with Gasteiger partial charge in [0.25, 0.3) is 10.9 Å². The molecular weight excluding hydrogens is 368 g/mol. The SMILES string of the molecule is Cc1ccc(-c2nnc(SCC(=O)N(C)c3ccc([N+](=O)[O-])cc3)o2)cc1. The molecule has 3 rings (SSSR count). The normalized spacial score (nSPS) is 10.6. The Labute approximate surface area is 159 Å². The Morgan fingerprint density at radius 1 is 1.15 bits per heavy atom. The number of amides is 1. The van der Waals surface area contributed by atoms with E-state index in [-0.39, 0.29) is 17.3 Å². The van der Waals surface area contributed by atoms with Gasteiger partial charge in [-0.3, -0.25) is 14.9 Å². The number of hydrogen-bond acceptors (Lipinski definition) is 7. The number of carbonyl (C=O) groups is 1. The molecule has 1 aromatic heterocycles. The minimum Gasteiger partial charge on any atom is -0.411 e. The first-order chi connectivity index (χ1) is 12.9. The molecule has 0 atom stereocenters. The van der Waals surface area contributed by atoms with Crippen LogP contribution >= 0.6 is 11.8 Å². The number of nitro benzene ring substituents is 1. The summed E-state index contributed by atoms with van der Waals surface area (Å²) in [5.41, 5.74) is 2.49. The molecule has 8 nitrogen and oxygen atoms in total. The van der Waals surface area contributed by atoms with Crippen molar-refractivity contribution in [3.05, 3.63) is 64.2 Å². The van der Waals surface area contributed by atoms with Crippen LogP contribution in [0.15, 0.2) is 58.2 Å². The fraction of sp³-hybridized carbons (Fsp3) is 0.167. The lowest BCUT2D eigenvalue weighted by atomic mass is 10.1. The third kappa shape index (κ3) is 4.50. The highest BCUT2D eigenvalue weighted by molar-refractivity contribution is 7.99. The van der Waals surface area contributed by atoms with Crippen molar-refractivity contribution in [3.63, 3.8) is 0 Å². The van der Waals surface area contributed by atoms with Gasteiger partial charge in [0, 0.05) is 30.4 Å². The van der Waals surface area contributed by atoms with E-state index in [1.54, 1.807) is 7.05 Å². The van der Waals surface area contributed by atoms with Crippen LogP contribution in [-0.2, 0) is 4.79 Å². The molecular formula is C18H16N4O4S. The Hall–Kier alpha value is -3.20. The van der Waals surface area contributed by atoms with E-state index < -0.39 is 4.92 Å². The van der Waals surface area contributed by atoms with Crippen LogP contribution in [0.25, 0.3) is 11.5 Å².